The van der Waals surface area contributed by atoms with Gasteiger partial charge in [0.25, 0.3) is 0 Å². The Hall–Kier alpha value is -1.11. The summed E-state index contributed by atoms with van der Waals surface area (Å²) >= 11 is 1.49. The predicted molar refractivity (Wildman–Crippen MR) is 92.7 cm³/mol. The Morgan fingerprint density at radius 3 is 2.78 bits per heavy atom. The Bertz CT molecular complexity index is 482. The second-order valence-corrected chi connectivity index (χ2v) is 7.68. The van der Waals surface area contributed by atoms with E-state index >= 15 is 0 Å². The van der Waals surface area contributed by atoms with Crippen LogP contribution in [-0.4, -0.2) is 37.9 Å². The fraction of sp³-hybridized carbons (Fsp3) is 0.706. The van der Waals surface area contributed by atoms with Crippen LogP contribution in [0.25, 0.3) is 0 Å². The Balaban J connectivity index is 1.78. The zero-order chi connectivity index (χ0) is 16.8. The minimum Gasteiger partial charge on any atom is -0.385 e. The quantitative estimate of drug-likeness (QED) is 0.681. The van der Waals surface area contributed by atoms with E-state index in [4.69, 9.17) is 4.74 Å². The molecule has 0 aliphatic heterocycles. The van der Waals surface area contributed by atoms with E-state index in [1.165, 1.54) is 24.2 Å². The Kier molecular flexibility index (Phi) is 6.44. The summed E-state index contributed by atoms with van der Waals surface area (Å²) in [5.41, 5.74) is -0.865. The first kappa shape index (κ1) is 18.2. The van der Waals surface area contributed by atoms with Crippen molar-refractivity contribution >= 4 is 17.4 Å². The number of carbonyl (C=O) groups is 1. The smallest absolute Gasteiger partial charge is 0.314 e. The molecule has 1 aromatic rings. The molecule has 0 radical (unpaired) electrons. The van der Waals surface area contributed by atoms with Crippen LogP contribution in [0.4, 0.5) is 4.79 Å². The van der Waals surface area contributed by atoms with Crippen LogP contribution >= 0.6 is 11.3 Å². The lowest BCUT2D eigenvalue weighted by Gasteiger charge is -2.29. The number of amides is 2. The lowest BCUT2D eigenvalue weighted by molar-refractivity contribution is 0.0629. The van der Waals surface area contributed by atoms with E-state index in [2.05, 4.69) is 10.6 Å². The van der Waals surface area contributed by atoms with Gasteiger partial charge in [-0.3, -0.25) is 0 Å². The third-order valence-electron chi connectivity index (χ3n) is 4.77. The molecule has 2 amide bonds. The zero-order valence-corrected chi connectivity index (χ0v) is 14.9. The molecule has 3 N–H and O–H groups in total. The minimum atomic E-state index is -1.04. The second kappa shape index (κ2) is 8.13. The van der Waals surface area contributed by atoms with Gasteiger partial charge >= 0.3 is 6.03 Å². The van der Waals surface area contributed by atoms with Gasteiger partial charge in [0.1, 0.15) is 5.60 Å². The largest absolute Gasteiger partial charge is 0.385 e. The molecule has 1 aliphatic rings. The van der Waals surface area contributed by atoms with E-state index in [1.807, 2.05) is 17.5 Å². The summed E-state index contributed by atoms with van der Waals surface area (Å²) in [6, 6.07) is 3.56. The molecule has 0 aromatic carbocycles. The van der Waals surface area contributed by atoms with Crippen molar-refractivity contribution in [3.8, 4) is 0 Å². The number of rotatable bonds is 8. The highest BCUT2D eigenvalue weighted by molar-refractivity contribution is 7.10. The van der Waals surface area contributed by atoms with Gasteiger partial charge in [-0.2, -0.15) is 0 Å². The average molecular weight is 340 g/mol. The third-order valence-corrected chi connectivity index (χ3v) is 5.89. The van der Waals surface area contributed by atoms with Crippen LogP contribution in [0.15, 0.2) is 17.5 Å². The zero-order valence-electron chi connectivity index (χ0n) is 14.1. The van der Waals surface area contributed by atoms with Crippen molar-refractivity contribution < 1.29 is 14.6 Å². The van der Waals surface area contributed by atoms with Crippen molar-refractivity contribution in [2.75, 3.05) is 26.8 Å². The topological polar surface area (TPSA) is 70.6 Å². The molecular formula is C17H28N2O3S. The van der Waals surface area contributed by atoms with Gasteiger partial charge in [0.15, 0.2) is 0 Å². The second-order valence-electron chi connectivity index (χ2n) is 6.74. The third kappa shape index (κ3) is 5.19. The number of urea groups is 1. The van der Waals surface area contributed by atoms with Crippen molar-refractivity contribution in [2.24, 2.45) is 5.41 Å². The maximum atomic E-state index is 12.1. The molecule has 5 nitrogen and oxygen atoms in total. The van der Waals surface area contributed by atoms with Crippen molar-refractivity contribution in [1.82, 2.24) is 10.6 Å². The lowest BCUT2D eigenvalue weighted by atomic mass is 9.83. The van der Waals surface area contributed by atoms with E-state index in [1.54, 1.807) is 14.0 Å². The molecule has 0 bridgehead atoms. The molecule has 130 valence electrons. The Morgan fingerprint density at radius 1 is 1.43 bits per heavy atom. The first-order chi connectivity index (χ1) is 11.0. The SMILES string of the molecule is COCCC1(CNC(=O)NCC(C)(O)c2cccs2)CCCC1. The summed E-state index contributed by atoms with van der Waals surface area (Å²) in [4.78, 5) is 12.9. The van der Waals surface area contributed by atoms with Crippen molar-refractivity contribution in [2.45, 2.75) is 44.6 Å². The van der Waals surface area contributed by atoms with Crippen LogP contribution in [0, 0.1) is 5.41 Å². The molecular weight excluding hydrogens is 312 g/mol. The van der Waals surface area contributed by atoms with Crippen LogP contribution in [0.1, 0.15) is 43.9 Å². The van der Waals surface area contributed by atoms with Crippen molar-refractivity contribution in [3.05, 3.63) is 22.4 Å². The molecule has 6 heteroatoms. The number of hydrogen-bond acceptors (Lipinski definition) is 4. The maximum Gasteiger partial charge on any atom is 0.314 e. The van der Waals surface area contributed by atoms with Crippen LogP contribution < -0.4 is 10.6 Å². The monoisotopic (exact) mass is 340 g/mol. The average Bonchev–Trinajstić information content (AvgIpc) is 3.21. The van der Waals surface area contributed by atoms with Gasteiger partial charge in [-0.15, -0.1) is 11.3 Å². The molecule has 1 heterocycles. The molecule has 1 fully saturated rings. The molecule has 1 aliphatic carbocycles. The van der Waals surface area contributed by atoms with Gasteiger partial charge in [-0.25, -0.2) is 4.79 Å². The number of hydrogen-bond donors (Lipinski definition) is 3. The molecule has 0 spiro atoms. The standard InChI is InChI=1S/C17H28N2O3S/c1-16(21,14-6-5-11-23-14)12-18-15(20)19-13-17(9-10-22-2)7-3-4-8-17/h5-6,11,21H,3-4,7-10,12-13H2,1-2H3,(H2,18,19,20). The summed E-state index contributed by atoms with van der Waals surface area (Å²) < 4.78 is 5.21. The number of ether oxygens (including phenoxy) is 1. The normalized spacial score (nSPS) is 19.3. The highest BCUT2D eigenvalue weighted by atomic mass is 32.1. The van der Waals surface area contributed by atoms with E-state index in [0.29, 0.717) is 6.54 Å². The first-order valence-electron chi connectivity index (χ1n) is 8.24. The van der Waals surface area contributed by atoms with E-state index < -0.39 is 5.60 Å². The highest BCUT2D eigenvalue weighted by Crippen LogP contribution is 2.40. The Labute approximate surface area is 142 Å². The molecule has 1 saturated carbocycles. The van der Waals surface area contributed by atoms with Gasteiger partial charge in [-0.05, 0) is 43.0 Å². The number of aliphatic hydroxyl groups is 1. The van der Waals surface area contributed by atoms with Gasteiger partial charge in [-0.1, -0.05) is 18.9 Å². The number of carbonyl (C=O) groups excluding carboxylic acids is 1. The summed E-state index contributed by atoms with van der Waals surface area (Å²) in [6.45, 7) is 3.32. The van der Waals surface area contributed by atoms with Crippen LogP contribution in [0.5, 0.6) is 0 Å². The van der Waals surface area contributed by atoms with Crippen LogP contribution in [0.3, 0.4) is 0 Å². The summed E-state index contributed by atoms with van der Waals surface area (Å²) in [6.07, 6.45) is 5.71. The summed E-state index contributed by atoms with van der Waals surface area (Å²) in [7, 11) is 1.72. The molecule has 0 saturated heterocycles. The van der Waals surface area contributed by atoms with Gasteiger partial charge in [0.2, 0.25) is 0 Å². The van der Waals surface area contributed by atoms with Crippen molar-refractivity contribution in [1.29, 1.82) is 0 Å². The summed E-state index contributed by atoms with van der Waals surface area (Å²) in [5, 5.41) is 18.1. The molecule has 2 rings (SSSR count). The molecule has 23 heavy (non-hydrogen) atoms. The Morgan fingerprint density at radius 2 is 2.17 bits per heavy atom. The van der Waals surface area contributed by atoms with Crippen molar-refractivity contribution in [3.63, 3.8) is 0 Å². The number of methoxy groups -OCH3 is 1. The highest BCUT2D eigenvalue weighted by Gasteiger charge is 2.34. The van der Waals surface area contributed by atoms with E-state index in [0.717, 1.165) is 30.7 Å². The van der Waals surface area contributed by atoms with Gasteiger partial charge in [0.05, 0.1) is 6.54 Å². The van der Waals surface area contributed by atoms with Gasteiger partial charge < -0.3 is 20.5 Å². The fourth-order valence-electron chi connectivity index (χ4n) is 3.21. The van der Waals surface area contributed by atoms with E-state index in [9.17, 15) is 9.90 Å². The predicted octanol–water partition coefficient (Wildman–Crippen LogP) is 2.85. The lowest BCUT2D eigenvalue weighted by Crippen LogP contribution is -2.46. The van der Waals surface area contributed by atoms with Crippen LogP contribution in [0.2, 0.25) is 0 Å². The first-order valence-corrected chi connectivity index (χ1v) is 9.12. The molecule has 1 aromatic heterocycles. The molecule has 1 atom stereocenters. The molecule has 1 unspecified atom stereocenters. The fourth-order valence-corrected chi connectivity index (χ4v) is 4.00. The van der Waals surface area contributed by atoms with Gasteiger partial charge in [0, 0.05) is 25.1 Å². The minimum absolute atomic E-state index is 0.170. The van der Waals surface area contributed by atoms with E-state index in [-0.39, 0.29) is 18.0 Å². The number of thiophene rings is 1. The number of nitrogens with one attached hydrogen (secondary N) is 2. The summed E-state index contributed by atoms with van der Waals surface area (Å²) in [5.74, 6) is 0. The maximum absolute atomic E-state index is 12.1. The van der Waals surface area contributed by atoms with Crippen LogP contribution in [-0.2, 0) is 10.3 Å².